The molecule has 1 aromatic heterocycles. The molecule has 112 valence electrons. The van der Waals surface area contributed by atoms with E-state index in [0.29, 0.717) is 30.5 Å². The number of hydrogen-bond acceptors (Lipinski definition) is 4. The highest BCUT2D eigenvalue weighted by Crippen LogP contribution is 2.30. The lowest BCUT2D eigenvalue weighted by Gasteiger charge is -2.13. The highest BCUT2D eigenvalue weighted by molar-refractivity contribution is 6.31. The summed E-state index contributed by atoms with van der Waals surface area (Å²) >= 11 is 6.07. The molecule has 1 heterocycles. The van der Waals surface area contributed by atoms with Crippen LogP contribution >= 0.6 is 11.6 Å². The maximum absolute atomic E-state index is 6.07. The summed E-state index contributed by atoms with van der Waals surface area (Å²) in [5.74, 6) is 1.43. The Morgan fingerprint density at radius 3 is 2.76 bits per heavy atom. The summed E-state index contributed by atoms with van der Waals surface area (Å²) in [5, 5.41) is 0.593. The summed E-state index contributed by atoms with van der Waals surface area (Å²) in [5.41, 5.74) is 7.60. The molecule has 0 aliphatic heterocycles. The molecule has 0 fully saturated rings. The Morgan fingerprint density at radius 2 is 2.05 bits per heavy atom. The van der Waals surface area contributed by atoms with Crippen LogP contribution in [0, 0.1) is 0 Å². The van der Waals surface area contributed by atoms with E-state index in [4.69, 9.17) is 26.8 Å². The smallest absolute Gasteiger partial charge is 0.161 e. The minimum absolute atomic E-state index is 0.373. The van der Waals surface area contributed by atoms with Gasteiger partial charge in [0.1, 0.15) is 6.61 Å². The van der Waals surface area contributed by atoms with Crippen molar-refractivity contribution in [3.05, 3.63) is 52.8 Å². The molecule has 0 amide bonds. The average molecular weight is 307 g/mol. The van der Waals surface area contributed by atoms with Gasteiger partial charge < -0.3 is 15.2 Å². The second kappa shape index (κ2) is 7.86. The molecule has 0 spiro atoms. The molecule has 5 heteroatoms. The molecule has 0 aliphatic carbocycles. The highest BCUT2D eigenvalue weighted by atomic mass is 35.5. The number of aromatic nitrogens is 1. The van der Waals surface area contributed by atoms with Gasteiger partial charge in [0.2, 0.25) is 0 Å². The van der Waals surface area contributed by atoms with Crippen molar-refractivity contribution < 1.29 is 9.47 Å². The fourth-order valence-electron chi connectivity index (χ4n) is 1.94. The predicted octanol–water partition coefficient (Wildman–Crippen LogP) is 3.21. The summed E-state index contributed by atoms with van der Waals surface area (Å²) in [7, 11) is 0. The van der Waals surface area contributed by atoms with Gasteiger partial charge in [-0.2, -0.15) is 0 Å². The summed E-state index contributed by atoms with van der Waals surface area (Å²) in [6.07, 6.45) is 4.11. The van der Waals surface area contributed by atoms with Crippen molar-refractivity contribution >= 4 is 11.6 Å². The second-order valence-electron chi connectivity index (χ2n) is 4.51. The molecule has 0 radical (unpaired) electrons. The van der Waals surface area contributed by atoms with Gasteiger partial charge in [-0.15, -0.1) is 0 Å². The van der Waals surface area contributed by atoms with E-state index in [2.05, 4.69) is 4.98 Å². The largest absolute Gasteiger partial charge is 0.490 e. The number of benzene rings is 1. The van der Waals surface area contributed by atoms with Crippen LogP contribution in [0.15, 0.2) is 36.7 Å². The Bertz CT molecular complexity index is 590. The summed E-state index contributed by atoms with van der Waals surface area (Å²) in [6, 6.07) is 7.72. The van der Waals surface area contributed by atoms with Crippen LogP contribution in [0.4, 0.5) is 0 Å². The number of rotatable bonds is 7. The maximum atomic E-state index is 6.07. The van der Waals surface area contributed by atoms with E-state index in [9.17, 15) is 0 Å². The third-order valence-corrected chi connectivity index (χ3v) is 3.32. The summed E-state index contributed by atoms with van der Waals surface area (Å²) in [4.78, 5) is 3.95. The Kier molecular flexibility index (Phi) is 5.84. The van der Waals surface area contributed by atoms with E-state index in [0.717, 1.165) is 23.3 Å². The third kappa shape index (κ3) is 4.34. The van der Waals surface area contributed by atoms with Crippen LogP contribution in [0.25, 0.3) is 0 Å². The van der Waals surface area contributed by atoms with Crippen molar-refractivity contribution in [2.45, 2.75) is 20.0 Å². The van der Waals surface area contributed by atoms with Crippen molar-refractivity contribution in [1.82, 2.24) is 4.98 Å². The van der Waals surface area contributed by atoms with E-state index < -0.39 is 0 Å². The third-order valence-electron chi connectivity index (χ3n) is 2.98. The average Bonchev–Trinajstić information content (AvgIpc) is 2.49. The van der Waals surface area contributed by atoms with E-state index >= 15 is 0 Å². The van der Waals surface area contributed by atoms with Gasteiger partial charge in [-0.1, -0.05) is 17.7 Å². The summed E-state index contributed by atoms with van der Waals surface area (Å²) in [6.45, 7) is 3.51. The molecule has 2 N–H and O–H groups in total. The van der Waals surface area contributed by atoms with E-state index in [1.807, 2.05) is 31.2 Å². The molecule has 0 aliphatic rings. The summed E-state index contributed by atoms with van der Waals surface area (Å²) < 4.78 is 11.5. The molecule has 0 saturated heterocycles. The van der Waals surface area contributed by atoms with Gasteiger partial charge in [-0.25, -0.2) is 0 Å². The minimum atomic E-state index is 0.373. The molecule has 0 bridgehead atoms. The molecule has 0 atom stereocenters. The molecule has 4 nitrogen and oxygen atoms in total. The van der Waals surface area contributed by atoms with Gasteiger partial charge in [0.15, 0.2) is 11.5 Å². The Labute approximate surface area is 129 Å². The quantitative estimate of drug-likeness (QED) is 0.853. The first kappa shape index (κ1) is 15.6. The molecule has 0 saturated carbocycles. The molecular weight excluding hydrogens is 288 g/mol. The van der Waals surface area contributed by atoms with Crippen LogP contribution in [0.1, 0.15) is 18.1 Å². The fraction of sp³-hybridized carbons (Fsp3) is 0.312. The van der Waals surface area contributed by atoms with Gasteiger partial charge in [-0.3, -0.25) is 4.98 Å². The van der Waals surface area contributed by atoms with Crippen molar-refractivity contribution in [2.24, 2.45) is 5.73 Å². The first-order valence-electron chi connectivity index (χ1n) is 6.91. The second-order valence-corrected chi connectivity index (χ2v) is 4.92. The van der Waals surface area contributed by atoms with Crippen LogP contribution in [0.2, 0.25) is 5.02 Å². The number of ether oxygens (including phenoxy) is 2. The molecule has 2 rings (SSSR count). The lowest BCUT2D eigenvalue weighted by Crippen LogP contribution is -2.04. The van der Waals surface area contributed by atoms with Gasteiger partial charge in [0, 0.05) is 18.0 Å². The van der Waals surface area contributed by atoms with E-state index in [1.165, 1.54) is 0 Å². The number of pyridine rings is 1. The zero-order valence-corrected chi connectivity index (χ0v) is 12.8. The normalized spacial score (nSPS) is 10.4. The molecule has 21 heavy (non-hydrogen) atoms. The van der Waals surface area contributed by atoms with Crippen LogP contribution in [0.5, 0.6) is 11.5 Å². The van der Waals surface area contributed by atoms with Crippen LogP contribution in [-0.4, -0.2) is 18.1 Å². The zero-order valence-electron chi connectivity index (χ0n) is 12.0. The van der Waals surface area contributed by atoms with Crippen LogP contribution in [-0.2, 0) is 13.0 Å². The molecule has 0 unspecified atom stereocenters. The Hall–Kier alpha value is -1.78. The van der Waals surface area contributed by atoms with Gasteiger partial charge in [0.25, 0.3) is 0 Å². The standard InChI is InChI=1S/C16H19ClN2O2/c1-2-20-16-9-12(5-7-18)3-4-15(16)21-11-13-6-8-19-10-14(13)17/h3-4,6,8-10H,2,5,7,11,18H2,1H3. The lowest BCUT2D eigenvalue weighted by atomic mass is 10.1. The number of halogens is 1. The van der Waals surface area contributed by atoms with Gasteiger partial charge in [-0.05, 0) is 43.7 Å². The predicted molar refractivity (Wildman–Crippen MR) is 83.9 cm³/mol. The highest BCUT2D eigenvalue weighted by Gasteiger charge is 2.08. The van der Waals surface area contributed by atoms with Gasteiger partial charge >= 0.3 is 0 Å². The SMILES string of the molecule is CCOc1cc(CCN)ccc1OCc1ccncc1Cl. The fourth-order valence-corrected chi connectivity index (χ4v) is 2.11. The van der Waals surface area contributed by atoms with Crippen LogP contribution < -0.4 is 15.2 Å². The number of nitrogens with zero attached hydrogens (tertiary/aromatic N) is 1. The molecule has 2 aromatic rings. The van der Waals surface area contributed by atoms with E-state index in [1.54, 1.807) is 12.4 Å². The van der Waals surface area contributed by atoms with Crippen molar-refractivity contribution in [3.8, 4) is 11.5 Å². The van der Waals surface area contributed by atoms with E-state index in [-0.39, 0.29) is 0 Å². The lowest BCUT2D eigenvalue weighted by molar-refractivity contribution is 0.269. The Morgan fingerprint density at radius 1 is 1.19 bits per heavy atom. The molecular formula is C16H19ClN2O2. The van der Waals surface area contributed by atoms with Gasteiger partial charge in [0.05, 0.1) is 11.6 Å². The minimum Gasteiger partial charge on any atom is -0.490 e. The topological polar surface area (TPSA) is 57.4 Å². The van der Waals surface area contributed by atoms with Crippen molar-refractivity contribution in [3.63, 3.8) is 0 Å². The number of hydrogen-bond donors (Lipinski definition) is 1. The van der Waals surface area contributed by atoms with Crippen LogP contribution in [0.3, 0.4) is 0 Å². The number of nitrogens with two attached hydrogens (primary N) is 1. The Balaban J connectivity index is 2.13. The zero-order chi connectivity index (χ0) is 15.1. The van der Waals surface area contributed by atoms with Crippen molar-refractivity contribution in [2.75, 3.05) is 13.2 Å². The van der Waals surface area contributed by atoms with Crippen molar-refractivity contribution in [1.29, 1.82) is 0 Å². The maximum Gasteiger partial charge on any atom is 0.161 e. The first-order chi connectivity index (χ1) is 10.2. The molecule has 1 aromatic carbocycles. The first-order valence-corrected chi connectivity index (χ1v) is 7.29. The monoisotopic (exact) mass is 306 g/mol.